The van der Waals surface area contributed by atoms with Gasteiger partial charge in [0.05, 0.1) is 6.10 Å². The van der Waals surface area contributed by atoms with Crippen molar-refractivity contribution in [2.45, 2.75) is 32.1 Å². The zero-order valence-corrected chi connectivity index (χ0v) is 13.2. The van der Waals surface area contributed by atoms with E-state index in [1.165, 1.54) is 12.1 Å². The number of hydrogen-bond donors (Lipinski definition) is 1. The molecule has 1 amide bonds. The fourth-order valence-corrected chi connectivity index (χ4v) is 2.73. The first kappa shape index (κ1) is 17.8. The first-order valence-corrected chi connectivity index (χ1v) is 8.44. The number of carbonyl (C=O) groups is 1. The minimum Gasteiger partial charge on any atom is -0.379 e. The molecule has 0 heterocycles. The lowest BCUT2D eigenvalue weighted by Gasteiger charge is -2.08. The molecule has 0 spiro atoms. The van der Waals surface area contributed by atoms with Crippen molar-refractivity contribution in [2.75, 3.05) is 18.9 Å². The van der Waals surface area contributed by atoms with E-state index in [1.807, 2.05) is 13.8 Å². The topological polar surface area (TPSA) is 55.4 Å². The van der Waals surface area contributed by atoms with Crippen LogP contribution in [0.1, 0.15) is 25.8 Å². The van der Waals surface area contributed by atoms with Gasteiger partial charge in [0.15, 0.2) is 0 Å². The predicted molar refractivity (Wildman–Crippen MR) is 81.8 cm³/mol. The van der Waals surface area contributed by atoms with Crippen molar-refractivity contribution in [3.05, 3.63) is 35.6 Å². The number of nitrogens with one attached hydrogen (secondary N) is 1. The summed E-state index contributed by atoms with van der Waals surface area (Å²) in [5.74, 6) is -0.503. The predicted octanol–water partition coefficient (Wildman–Crippen LogP) is 2.01. The van der Waals surface area contributed by atoms with Crippen LogP contribution in [-0.2, 0) is 26.1 Å². The molecule has 21 heavy (non-hydrogen) atoms. The maximum Gasteiger partial charge on any atom is 0.232 e. The molecule has 1 atom stereocenters. The lowest BCUT2D eigenvalue weighted by atomic mass is 10.2. The molecule has 0 fully saturated rings. The molecule has 1 N–H and O–H groups in total. The highest BCUT2D eigenvalue weighted by Crippen LogP contribution is 2.06. The third-order valence-corrected chi connectivity index (χ3v) is 3.84. The molecule has 0 unspecified atom stereocenters. The van der Waals surface area contributed by atoms with Gasteiger partial charge >= 0.3 is 0 Å². The van der Waals surface area contributed by atoms with Crippen LogP contribution in [0, 0.1) is 5.82 Å². The van der Waals surface area contributed by atoms with Gasteiger partial charge in [-0.15, -0.1) is 0 Å². The Morgan fingerprint density at radius 2 is 2.19 bits per heavy atom. The van der Waals surface area contributed by atoms with Crippen LogP contribution in [-0.4, -0.2) is 35.1 Å². The monoisotopic (exact) mass is 315 g/mol. The van der Waals surface area contributed by atoms with Crippen molar-refractivity contribution in [3.63, 3.8) is 0 Å². The largest absolute Gasteiger partial charge is 0.379 e. The Morgan fingerprint density at radius 3 is 2.86 bits per heavy atom. The lowest BCUT2D eigenvalue weighted by molar-refractivity contribution is -0.118. The summed E-state index contributed by atoms with van der Waals surface area (Å²) >= 11 is 0. The second kappa shape index (κ2) is 9.63. The molecule has 0 bridgehead atoms. The number of ether oxygens (including phenoxy) is 1. The number of amides is 1. The summed E-state index contributed by atoms with van der Waals surface area (Å²) in [6.45, 7) is 5.00. The second-order valence-corrected chi connectivity index (χ2v) is 6.44. The van der Waals surface area contributed by atoms with Gasteiger partial charge in [-0.3, -0.25) is 9.00 Å². The van der Waals surface area contributed by atoms with Crippen molar-refractivity contribution in [1.29, 1.82) is 0 Å². The molecule has 6 heteroatoms. The normalized spacial score (nSPS) is 12.4. The zero-order valence-electron chi connectivity index (χ0n) is 12.4. The molecule has 4 nitrogen and oxygen atoms in total. The molecule has 0 aliphatic rings. The Balaban J connectivity index is 2.20. The maximum atomic E-state index is 13.0. The van der Waals surface area contributed by atoms with E-state index in [-0.39, 0.29) is 29.3 Å². The molecule has 0 aromatic heterocycles. The lowest BCUT2D eigenvalue weighted by Crippen LogP contribution is -2.30. The third kappa shape index (κ3) is 8.57. The minimum absolute atomic E-state index is 0.0679. The fourth-order valence-electron chi connectivity index (χ4n) is 1.68. The number of hydrogen-bond acceptors (Lipinski definition) is 3. The Labute approximate surface area is 127 Å². The van der Waals surface area contributed by atoms with E-state index < -0.39 is 10.8 Å². The summed E-state index contributed by atoms with van der Waals surface area (Å²) < 4.78 is 30.1. The van der Waals surface area contributed by atoms with Crippen LogP contribution in [0.3, 0.4) is 0 Å². The second-order valence-electron chi connectivity index (χ2n) is 4.98. The highest BCUT2D eigenvalue weighted by molar-refractivity contribution is 7.84. The average Bonchev–Trinajstić information content (AvgIpc) is 2.37. The first-order chi connectivity index (χ1) is 9.97. The molecule has 0 radical (unpaired) electrons. The van der Waals surface area contributed by atoms with Gasteiger partial charge in [0, 0.05) is 29.7 Å². The SMILES string of the molecule is CC(C)OCCCNC(=O)C[S@](=O)Cc1cccc(F)c1. The molecule has 1 rings (SSSR count). The summed E-state index contributed by atoms with van der Waals surface area (Å²) in [6.07, 6.45) is 0.903. The van der Waals surface area contributed by atoms with E-state index in [9.17, 15) is 13.4 Å². The number of carbonyl (C=O) groups excluding carboxylic acids is 1. The van der Waals surface area contributed by atoms with E-state index in [0.29, 0.717) is 18.7 Å². The van der Waals surface area contributed by atoms with Crippen molar-refractivity contribution in [3.8, 4) is 0 Å². The van der Waals surface area contributed by atoms with Crippen LogP contribution in [0.4, 0.5) is 4.39 Å². The van der Waals surface area contributed by atoms with Crippen LogP contribution < -0.4 is 5.32 Å². The van der Waals surface area contributed by atoms with Gasteiger partial charge in [-0.1, -0.05) is 12.1 Å². The molecular formula is C15H22FNO3S. The maximum absolute atomic E-state index is 13.0. The molecule has 118 valence electrons. The fraction of sp³-hybridized carbons (Fsp3) is 0.533. The van der Waals surface area contributed by atoms with E-state index in [1.54, 1.807) is 12.1 Å². The quantitative estimate of drug-likeness (QED) is 0.709. The summed E-state index contributed by atoms with van der Waals surface area (Å²) in [5.41, 5.74) is 0.631. The smallest absolute Gasteiger partial charge is 0.232 e. The van der Waals surface area contributed by atoms with Crippen LogP contribution in [0.25, 0.3) is 0 Å². The van der Waals surface area contributed by atoms with E-state index in [2.05, 4.69) is 5.32 Å². The van der Waals surface area contributed by atoms with E-state index >= 15 is 0 Å². The van der Waals surface area contributed by atoms with Gasteiger partial charge < -0.3 is 10.1 Å². The Bertz CT molecular complexity index is 480. The highest BCUT2D eigenvalue weighted by Gasteiger charge is 2.09. The molecule has 1 aromatic carbocycles. The van der Waals surface area contributed by atoms with Crippen LogP contribution in [0.2, 0.25) is 0 Å². The average molecular weight is 315 g/mol. The molecule has 0 aliphatic carbocycles. The van der Waals surface area contributed by atoms with Gasteiger partial charge in [0.1, 0.15) is 11.6 Å². The van der Waals surface area contributed by atoms with Crippen LogP contribution in [0.5, 0.6) is 0 Å². The summed E-state index contributed by atoms with van der Waals surface area (Å²) in [6, 6.07) is 5.93. The van der Waals surface area contributed by atoms with Gasteiger partial charge in [-0.05, 0) is 38.0 Å². The number of rotatable bonds is 9. The highest BCUT2D eigenvalue weighted by atomic mass is 32.2. The van der Waals surface area contributed by atoms with Crippen molar-refractivity contribution < 1.29 is 18.1 Å². The standard InChI is InChI=1S/C15H22FNO3S/c1-12(2)20-8-4-7-17-15(18)11-21(19)10-13-5-3-6-14(16)9-13/h3,5-6,9,12H,4,7-8,10-11H2,1-2H3,(H,17,18)/t21-/m1/s1. The Morgan fingerprint density at radius 1 is 1.43 bits per heavy atom. The minimum atomic E-state index is -1.33. The molecule has 1 aromatic rings. The molecular weight excluding hydrogens is 293 g/mol. The first-order valence-electron chi connectivity index (χ1n) is 6.95. The van der Waals surface area contributed by atoms with Gasteiger partial charge in [0.2, 0.25) is 5.91 Å². The van der Waals surface area contributed by atoms with E-state index in [0.717, 1.165) is 6.42 Å². The summed E-state index contributed by atoms with van der Waals surface area (Å²) in [5, 5.41) is 2.70. The van der Waals surface area contributed by atoms with Crippen molar-refractivity contribution in [2.24, 2.45) is 0 Å². The number of benzene rings is 1. The van der Waals surface area contributed by atoms with E-state index in [4.69, 9.17) is 4.74 Å². The Kier molecular flexibility index (Phi) is 8.15. The Hall–Kier alpha value is -1.27. The third-order valence-electron chi connectivity index (χ3n) is 2.60. The van der Waals surface area contributed by atoms with Crippen LogP contribution in [0.15, 0.2) is 24.3 Å². The van der Waals surface area contributed by atoms with Crippen LogP contribution >= 0.6 is 0 Å². The van der Waals surface area contributed by atoms with Gasteiger partial charge in [0.25, 0.3) is 0 Å². The summed E-state index contributed by atoms with van der Waals surface area (Å²) in [7, 11) is -1.33. The molecule has 0 aliphatic heterocycles. The molecule has 0 saturated heterocycles. The number of halogens is 1. The van der Waals surface area contributed by atoms with Crippen molar-refractivity contribution in [1.82, 2.24) is 5.32 Å². The summed E-state index contributed by atoms with van der Waals surface area (Å²) in [4.78, 5) is 11.6. The zero-order chi connectivity index (χ0) is 15.7. The van der Waals surface area contributed by atoms with Gasteiger partial charge in [-0.25, -0.2) is 4.39 Å². The van der Waals surface area contributed by atoms with Gasteiger partial charge in [-0.2, -0.15) is 0 Å². The van der Waals surface area contributed by atoms with Crippen molar-refractivity contribution >= 4 is 16.7 Å². The molecule has 0 saturated carbocycles.